The summed E-state index contributed by atoms with van der Waals surface area (Å²) in [4.78, 5) is 11.8. The molecule has 122 valence electrons. The minimum Gasteiger partial charge on any atom is -0.491 e. The van der Waals surface area contributed by atoms with Crippen LogP contribution in [0.2, 0.25) is 0 Å². The third kappa shape index (κ3) is 4.81. The standard InChI is InChI=1S/C19H22FNO2/c1-13-10-15(3)18(11-14(13)2)23-9-8-21-19(22)12-16-6-4-5-7-17(16)20/h4-7,10-11H,8-9,12H2,1-3H3,(H,21,22). The highest BCUT2D eigenvalue weighted by Crippen LogP contribution is 2.22. The summed E-state index contributed by atoms with van der Waals surface area (Å²) in [6.07, 6.45) is 0.0370. The number of nitrogens with one attached hydrogen (secondary N) is 1. The fourth-order valence-corrected chi connectivity index (χ4v) is 2.32. The van der Waals surface area contributed by atoms with Crippen molar-refractivity contribution in [3.05, 3.63) is 64.5 Å². The van der Waals surface area contributed by atoms with E-state index in [0.717, 1.165) is 11.3 Å². The van der Waals surface area contributed by atoms with E-state index in [9.17, 15) is 9.18 Å². The highest BCUT2D eigenvalue weighted by atomic mass is 19.1. The van der Waals surface area contributed by atoms with Crippen LogP contribution >= 0.6 is 0 Å². The van der Waals surface area contributed by atoms with Crippen LogP contribution in [0.4, 0.5) is 4.39 Å². The zero-order valence-electron chi connectivity index (χ0n) is 13.8. The quantitative estimate of drug-likeness (QED) is 0.829. The van der Waals surface area contributed by atoms with Gasteiger partial charge in [0.1, 0.15) is 18.2 Å². The van der Waals surface area contributed by atoms with E-state index in [1.54, 1.807) is 18.2 Å². The van der Waals surface area contributed by atoms with Crippen molar-refractivity contribution in [2.75, 3.05) is 13.2 Å². The van der Waals surface area contributed by atoms with E-state index in [4.69, 9.17) is 4.74 Å². The van der Waals surface area contributed by atoms with Gasteiger partial charge >= 0.3 is 0 Å². The molecule has 2 rings (SSSR count). The van der Waals surface area contributed by atoms with E-state index in [1.807, 2.05) is 19.9 Å². The first kappa shape index (κ1) is 17.0. The Labute approximate surface area is 136 Å². The van der Waals surface area contributed by atoms with E-state index >= 15 is 0 Å². The van der Waals surface area contributed by atoms with Crippen LogP contribution in [-0.4, -0.2) is 19.1 Å². The number of aryl methyl sites for hydroxylation is 3. The molecule has 0 bridgehead atoms. The lowest BCUT2D eigenvalue weighted by atomic mass is 10.1. The van der Waals surface area contributed by atoms with Crippen LogP contribution < -0.4 is 10.1 Å². The second-order valence-corrected chi connectivity index (χ2v) is 5.67. The van der Waals surface area contributed by atoms with E-state index in [1.165, 1.54) is 17.2 Å². The zero-order valence-corrected chi connectivity index (χ0v) is 13.8. The van der Waals surface area contributed by atoms with Crippen LogP contribution in [-0.2, 0) is 11.2 Å². The first-order valence-electron chi connectivity index (χ1n) is 7.68. The molecule has 0 aromatic heterocycles. The Balaban J connectivity index is 1.78. The van der Waals surface area contributed by atoms with Gasteiger partial charge in [0.15, 0.2) is 0 Å². The number of amides is 1. The Morgan fingerprint density at radius 1 is 1.09 bits per heavy atom. The van der Waals surface area contributed by atoms with Crippen molar-refractivity contribution in [3.8, 4) is 5.75 Å². The summed E-state index contributed by atoms with van der Waals surface area (Å²) in [5.41, 5.74) is 3.88. The van der Waals surface area contributed by atoms with Crippen LogP contribution in [0.3, 0.4) is 0 Å². The molecule has 0 heterocycles. The second-order valence-electron chi connectivity index (χ2n) is 5.67. The number of halogens is 1. The third-order valence-corrected chi connectivity index (χ3v) is 3.78. The maximum absolute atomic E-state index is 13.5. The number of carbonyl (C=O) groups excluding carboxylic acids is 1. The van der Waals surface area contributed by atoms with Gasteiger partial charge in [0.05, 0.1) is 13.0 Å². The van der Waals surface area contributed by atoms with Crippen molar-refractivity contribution < 1.29 is 13.9 Å². The topological polar surface area (TPSA) is 38.3 Å². The monoisotopic (exact) mass is 315 g/mol. The van der Waals surface area contributed by atoms with Crippen LogP contribution in [0.15, 0.2) is 36.4 Å². The molecule has 0 spiro atoms. The molecule has 3 nitrogen and oxygen atoms in total. The maximum Gasteiger partial charge on any atom is 0.224 e. The van der Waals surface area contributed by atoms with Crippen molar-refractivity contribution in [2.45, 2.75) is 27.2 Å². The molecule has 0 aliphatic heterocycles. The molecule has 0 saturated heterocycles. The minimum atomic E-state index is -0.357. The molecule has 0 unspecified atom stereocenters. The first-order chi connectivity index (χ1) is 11.0. The Hall–Kier alpha value is -2.36. The SMILES string of the molecule is Cc1cc(C)c(OCCNC(=O)Cc2ccccc2F)cc1C. The van der Waals surface area contributed by atoms with E-state index in [2.05, 4.69) is 18.3 Å². The lowest BCUT2D eigenvalue weighted by Gasteiger charge is -2.12. The van der Waals surface area contributed by atoms with Gasteiger partial charge < -0.3 is 10.1 Å². The number of ether oxygens (including phenoxy) is 1. The molecule has 0 saturated carbocycles. The Kier molecular flexibility index (Phi) is 5.74. The second kappa shape index (κ2) is 7.77. The van der Waals surface area contributed by atoms with Gasteiger partial charge in [0, 0.05) is 0 Å². The van der Waals surface area contributed by atoms with Gasteiger partial charge in [0.25, 0.3) is 0 Å². The van der Waals surface area contributed by atoms with Gasteiger partial charge in [-0.2, -0.15) is 0 Å². The number of carbonyl (C=O) groups is 1. The molecule has 1 N–H and O–H groups in total. The highest BCUT2D eigenvalue weighted by molar-refractivity contribution is 5.78. The largest absolute Gasteiger partial charge is 0.491 e. The number of hydrogen-bond donors (Lipinski definition) is 1. The van der Waals surface area contributed by atoms with Crippen molar-refractivity contribution >= 4 is 5.91 Å². The van der Waals surface area contributed by atoms with Gasteiger partial charge in [-0.3, -0.25) is 4.79 Å². The van der Waals surface area contributed by atoms with Gasteiger partial charge in [-0.25, -0.2) is 4.39 Å². The summed E-state index contributed by atoms with van der Waals surface area (Å²) < 4.78 is 19.2. The average Bonchev–Trinajstić information content (AvgIpc) is 2.51. The Morgan fingerprint density at radius 3 is 2.52 bits per heavy atom. The summed E-state index contributed by atoms with van der Waals surface area (Å²) in [5, 5.41) is 2.74. The molecule has 4 heteroatoms. The van der Waals surface area contributed by atoms with E-state index in [-0.39, 0.29) is 18.1 Å². The summed E-state index contributed by atoms with van der Waals surface area (Å²) >= 11 is 0. The molecule has 0 fully saturated rings. The van der Waals surface area contributed by atoms with Crippen LogP contribution in [0, 0.1) is 26.6 Å². The smallest absolute Gasteiger partial charge is 0.224 e. The normalized spacial score (nSPS) is 10.4. The number of hydrogen-bond acceptors (Lipinski definition) is 2. The van der Waals surface area contributed by atoms with Crippen molar-refractivity contribution in [2.24, 2.45) is 0 Å². The zero-order chi connectivity index (χ0) is 16.8. The van der Waals surface area contributed by atoms with Crippen molar-refractivity contribution in [3.63, 3.8) is 0 Å². The predicted octanol–water partition coefficient (Wildman–Crippen LogP) is 3.49. The van der Waals surface area contributed by atoms with Gasteiger partial charge in [-0.15, -0.1) is 0 Å². The van der Waals surface area contributed by atoms with Gasteiger partial charge in [0.2, 0.25) is 5.91 Å². The lowest BCUT2D eigenvalue weighted by Crippen LogP contribution is -2.29. The summed E-state index contributed by atoms with van der Waals surface area (Å²) in [6.45, 7) is 6.87. The molecule has 23 heavy (non-hydrogen) atoms. The van der Waals surface area contributed by atoms with Crippen LogP contribution in [0.1, 0.15) is 22.3 Å². The first-order valence-corrected chi connectivity index (χ1v) is 7.68. The lowest BCUT2D eigenvalue weighted by molar-refractivity contribution is -0.120. The molecule has 2 aromatic carbocycles. The van der Waals surface area contributed by atoms with Crippen LogP contribution in [0.5, 0.6) is 5.75 Å². The van der Waals surface area contributed by atoms with E-state index in [0.29, 0.717) is 18.7 Å². The fourth-order valence-electron chi connectivity index (χ4n) is 2.32. The van der Waals surface area contributed by atoms with E-state index < -0.39 is 0 Å². The third-order valence-electron chi connectivity index (χ3n) is 3.78. The number of benzene rings is 2. The van der Waals surface area contributed by atoms with Crippen molar-refractivity contribution in [1.82, 2.24) is 5.32 Å². The van der Waals surface area contributed by atoms with Crippen LogP contribution in [0.25, 0.3) is 0 Å². The maximum atomic E-state index is 13.5. The number of rotatable bonds is 6. The molecule has 0 radical (unpaired) electrons. The minimum absolute atomic E-state index is 0.0370. The molecular formula is C19H22FNO2. The van der Waals surface area contributed by atoms with Gasteiger partial charge in [-0.1, -0.05) is 24.3 Å². The molecule has 2 aromatic rings. The summed E-state index contributed by atoms with van der Waals surface area (Å²) in [7, 11) is 0. The summed E-state index contributed by atoms with van der Waals surface area (Å²) in [6, 6.07) is 10.4. The molecule has 0 atom stereocenters. The Morgan fingerprint density at radius 2 is 1.78 bits per heavy atom. The fraction of sp³-hybridized carbons (Fsp3) is 0.316. The average molecular weight is 315 g/mol. The van der Waals surface area contributed by atoms with Crippen molar-refractivity contribution in [1.29, 1.82) is 0 Å². The molecule has 0 aliphatic rings. The molecule has 1 amide bonds. The predicted molar refractivity (Wildman–Crippen MR) is 89.3 cm³/mol. The molecular weight excluding hydrogens is 293 g/mol. The van der Waals surface area contributed by atoms with Gasteiger partial charge in [-0.05, 0) is 55.2 Å². The highest BCUT2D eigenvalue weighted by Gasteiger charge is 2.07. The molecule has 0 aliphatic carbocycles. The Bertz CT molecular complexity index is 698. The summed E-state index contributed by atoms with van der Waals surface area (Å²) in [5.74, 6) is 0.261.